The van der Waals surface area contributed by atoms with Gasteiger partial charge < -0.3 is 15.5 Å². The third-order valence-electron chi connectivity index (χ3n) is 4.29. The van der Waals surface area contributed by atoms with Crippen LogP contribution in [0.15, 0.2) is 74.6 Å². The molecule has 0 spiro atoms. The molecule has 0 aliphatic heterocycles. The summed E-state index contributed by atoms with van der Waals surface area (Å²) in [5.74, 6) is -0.370. The molecule has 0 unspecified atom stereocenters. The summed E-state index contributed by atoms with van der Waals surface area (Å²) in [5.41, 5.74) is 6.56. The molecule has 3 aromatic carbocycles. The van der Waals surface area contributed by atoms with E-state index >= 15 is 0 Å². The summed E-state index contributed by atoms with van der Waals surface area (Å²) in [6, 6.07) is 12.5. The van der Waals surface area contributed by atoms with Crippen LogP contribution in [-0.2, 0) is 33.5 Å². The Bertz CT molecular complexity index is 1390. The van der Waals surface area contributed by atoms with E-state index in [0.29, 0.717) is 11.1 Å². The number of rotatable bonds is 10. The molecule has 3 rings (SSSR count). The van der Waals surface area contributed by atoms with Crippen LogP contribution in [0.4, 0.5) is 17.1 Å². The van der Waals surface area contributed by atoms with E-state index in [0.717, 1.165) is 6.07 Å². The van der Waals surface area contributed by atoms with Crippen LogP contribution in [-0.4, -0.2) is 33.7 Å². The van der Waals surface area contributed by atoms with Gasteiger partial charge in [0, 0.05) is 16.5 Å². The summed E-state index contributed by atoms with van der Waals surface area (Å²) in [6.45, 7) is -0.247. The Labute approximate surface area is 249 Å². The van der Waals surface area contributed by atoms with E-state index in [2.05, 4.69) is 19.6 Å². The van der Waals surface area contributed by atoms with Gasteiger partial charge >= 0.3 is 59.1 Å². The monoisotopic (exact) mass is 559 g/mol. The summed E-state index contributed by atoms with van der Waals surface area (Å²) < 4.78 is 67.8. The van der Waals surface area contributed by atoms with Crippen LogP contribution in [0.3, 0.4) is 0 Å². The number of hydrogen-bond acceptors (Lipinski definition) is 13. The maximum absolute atomic E-state index is 12.3. The fraction of sp³-hybridized carbons (Fsp3) is 0.111. The van der Waals surface area contributed by atoms with Crippen molar-refractivity contribution in [3.8, 4) is 0 Å². The van der Waals surface area contributed by atoms with E-state index in [9.17, 15) is 26.6 Å². The first-order valence-electron chi connectivity index (χ1n) is 8.90. The zero-order chi connectivity index (χ0) is 24.1. The van der Waals surface area contributed by atoms with Crippen LogP contribution in [0.2, 0.25) is 0 Å². The molecule has 0 bridgehead atoms. The Hall–Kier alpha value is -0.630. The van der Waals surface area contributed by atoms with Gasteiger partial charge in [0.25, 0.3) is 0 Å². The molecule has 12 nitrogen and oxygen atoms in total. The van der Waals surface area contributed by atoms with E-state index in [1.807, 2.05) is 0 Å². The summed E-state index contributed by atoms with van der Waals surface area (Å²) in [5, 5.41) is 21.2. The predicted octanol–water partition coefficient (Wildman–Crippen LogP) is -3.67. The van der Waals surface area contributed by atoms with Crippen molar-refractivity contribution in [2.75, 3.05) is 18.1 Å². The standard InChI is InChI=1S/C18H17N3O9S3.2Na/c19-15-8-9-16(14-2-1-3-17(18(14)15)33(25,26)27)21-20-12-4-6-13(7-5-12)32(23,24)11-10-28-31-30-29-22;;/h1-9,22H,10-11,19H2,(H,25,26,27);;/q;2*+1/p-2. The van der Waals surface area contributed by atoms with E-state index < -0.39 is 24.9 Å². The molecule has 0 saturated heterocycles. The van der Waals surface area contributed by atoms with Crippen molar-refractivity contribution in [1.82, 2.24) is 0 Å². The first-order chi connectivity index (χ1) is 15.6. The smallest absolute Gasteiger partial charge is 0.744 e. The van der Waals surface area contributed by atoms with Gasteiger partial charge in [0.05, 0.1) is 33.5 Å². The number of hydrogen-bond donors (Lipinski definition) is 1. The molecule has 0 fully saturated rings. The minimum atomic E-state index is -4.76. The Morgan fingerprint density at radius 3 is 2.26 bits per heavy atom. The van der Waals surface area contributed by atoms with E-state index in [1.165, 1.54) is 42.5 Å². The van der Waals surface area contributed by atoms with Crippen molar-refractivity contribution in [2.45, 2.75) is 9.79 Å². The summed E-state index contributed by atoms with van der Waals surface area (Å²) in [7, 11) is -8.43. The second kappa shape index (κ2) is 14.3. The average Bonchev–Trinajstić information content (AvgIpc) is 2.78. The van der Waals surface area contributed by atoms with Crippen molar-refractivity contribution >= 4 is 60.1 Å². The quantitative estimate of drug-likeness (QED) is 0.0376. The number of benzene rings is 3. The molecule has 17 heteroatoms. The molecule has 0 amide bonds. The third-order valence-corrected chi connectivity index (χ3v) is 7.24. The molecule has 3 aromatic rings. The summed E-state index contributed by atoms with van der Waals surface area (Å²) in [6.07, 6.45) is 0. The molecule has 35 heavy (non-hydrogen) atoms. The Balaban J connectivity index is 0.00000306. The van der Waals surface area contributed by atoms with Crippen LogP contribution in [0, 0.1) is 0 Å². The fourth-order valence-corrected chi connectivity index (χ4v) is 4.97. The zero-order valence-corrected chi connectivity index (χ0v) is 24.9. The molecule has 0 aromatic heterocycles. The summed E-state index contributed by atoms with van der Waals surface area (Å²) in [4.78, 5) is -0.446. The maximum atomic E-state index is 12.3. The van der Waals surface area contributed by atoms with Gasteiger partial charge in [-0.25, -0.2) is 16.8 Å². The average molecular weight is 560 g/mol. The first kappa shape index (κ1) is 32.4. The summed E-state index contributed by atoms with van der Waals surface area (Å²) >= 11 is 0.215. The molecular formula is C18H15N3Na2O9S3. The van der Waals surface area contributed by atoms with Crippen molar-refractivity contribution in [3.05, 3.63) is 54.6 Å². The van der Waals surface area contributed by atoms with Crippen LogP contribution < -0.4 is 70.1 Å². The zero-order valence-electron chi connectivity index (χ0n) is 18.5. The van der Waals surface area contributed by atoms with Gasteiger partial charge in [0.1, 0.15) is 10.1 Å². The van der Waals surface area contributed by atoms with E-state index in [-0.39, 0.29) is 105 Å². The molecule has 0 heterocycles. The molecule has 0 aliphatic carbocycles. The molecular weight excluding hydrogens is 544 g/mol. The molecule has 176 valence electrons. The second-order valence-electron chi connectivity index (χ2n) is 6.35. The molecule has 2 N–H and O–H groups in total. The number of anilines is 1. The number of azo groups is 1. The number of nitrogen functional groups attached to an aromatic ring is 1. The topological polar surface area (TPSA) is 193 Å². The second-order valence-corrected chi connectivity index (χ2v) is 10.3. The Morgan fingerprint density at radius 2 is 1.63 bits per heavy atom. The number of nitrogens with zero attached hydrogens (tertiary/aromatic N) is 2. The number of sulfone groups is 1. The van der Waals surface area contributed by atoms with Gasteiger partial charge in [0.15, 0.2) is 22.2 Å². The van der Waals surface area contributed by atoms with E-state index in [4.69, 9.17) is 9.92 Å². The molecule has 0 atom stereocenters. The largest absolute Gasteiger partial charge is 1.00 e. The third kappa shape index (κ3) is 8.72. The van der Waals surface area contributed by atoms with Gasteiger partial charge in [-0.05, 0) is 42.5 Å². The number of nitrogens with two attached hydrogens (primary N) is 1. The minimum Gasteiger partial charge on any atom is -0.744 e. The first-order valence-corrected chi connectivity index (χ1v) is 12.6. The minimum absolute atomic E-state index is 0. The van der Waals surface area contributed by atoms with Crippen molar-refractivity contribution < 1.29 is 99.3 Å². The van der Waals surface area contributed by atoms with Crippen LogP contribution in [0.5, 0.6) is 0 Å². The SMILES string of the molecule is Nc1ccc(N=Nc2ccc(S(=O)(=O)CCOSOO[O-])cc2)c2cccc(S(=O)(=O)[O-])c12.[Na+].[Na+]. The van der Waals surface area contributed by atoms with Crippen LogP contribution >= 0.6 is 12.3 Å². The van der Waals surface area contributed by atoms with Crippen LogP contribution in [0.1, 0.15) is 0 Å². The van der Waals surface area contributed by atoms with Gasteiger partial charge in [-0.1, -0.05) is 12.1 Å². The van der Waals surface area contributed by atoms with Crippen molar-refractivity contribution in [3.63, 3.8) is 0 Å². The van der Waals surface area contributed by atoms with Gasteiger partial charge in [0.2, 0.25) is 0 Å². The Kier molecular flexibility index (Phi) is 13.3. The fourth-order valence-electron chi connectivity index (χ4n) is 2.84. The van der Waals surface area contributed by atoms with Crippen molar-refractivity contribution in [2.24, 2.45) is 10.2 Å². The molecule has 0 saturated carbocycles. The van der Waals surface area contributed by atoms with Crippen molar-refractivity contribution in [1.29, 1.82) is 0 Å². The van der Waals surface area contributed by atoms with Gasteiger partial charge in [-0.2, -0.15) is 5.11 Å². The van der Waals surface area contributed by atoms with Crippen LogP contribution in [0.25, 0.3) is 10.8 Å². The van der Waals surface area contributed by atoms with Gasteiger partial charge in [-0.3, -0.25) is 9.22 Å². The normalized spacial score (nSPS) is 11.8. The predicted molar refractivity (Wildman–Crippen MR) is 115 cm³/mol. The number of fused-ring (bicyclic) bond motifs is 1. The molecule has 0 radical (unpaired) electrons. The van der Waals surface area contributed by atoms with Gasteiger partial charge in [-0.15, -0.1) is 9.45 Å². The molecule has 0 aliphatic rings. The van der Waals surface area contributed by atoms with E-state index in [1.54, 1.807) is 6.07 Å². The maximum Gasteiger partial charge on any atom is 1.00 e. The Morgan fingerprint density at radius 1 is 0.943 bits per heavy atom.